The summed E-state index contributed by atoms with van der Waals surface area (Å²) in [4.78, 5) is 20.1. The molecule has 0 aromatic carbocycles. The van der Waals surface area contributed by atoms with Crippen LogP contribution in [0.3, 0.4) is 0 Å². The standard InChI is InChI=1S/C6H10O3.C4H7NO/c1-3-6(8)9-4-5(2)7;1-3(2)4(5)6/h3,5,7H,1,4H2,2H3;1H2,2H3,(H2,5,6). The zero-order chi connectivity index (χ0) is 12.4. The maximum absolute atomic E-state index is 10.3. The van der Waals surface area contributed by atoms with Crippen LogP contribution in [-0.4, -0.2) is 29.7 Å². The molecule has 0 saturated heterocycles. The summed E-state index contributed by atoms with van der Waals surface area (Å²) in [6.07, 6.45) is 0.455. The Morgan fingerprint density at radius 1 is 1.60 bits per heavy atom. The quantitative estimate of drug-likeness (QED) is 0.515. The molecule has 15 heavy (non-hydrogen) atoms. The molecule has 1 atom stereocenters. The second-order valence-corrected chi connectivity index (χ2v) is 2.83. The Morgan fingerprint density at radius 3 is 2.20 bits per heavy atom. The summed E-state index contributed by atoms with van der Waals surface area (Å²) in [7, 11) is 0. The van der Waals surface area contributed by atoms with Crippen molar-refractivity contribution < 1.29 is 19.4 Å². The third kappa shape index (κ3) is 15.2. The minimum Gasteiger partial charge on any atom is -0.460 e. The zero-order valence-corrected chi connectivity index (χ0v) is 9.03. The van der Waals surface area contributed by atoms with Gasteiger partial charge in [-0.15, -0.1) is 0 Å². The Morgan fingerprint density at radius 2 is 2.00 bits per heavy atom. The average molecular weight is 215 g/mol. The van der Waals surface area contributed by atoms with Crippen LogP contribution in [0.5, 0.6) is 0 Å². The lowest BCUT2D eigenvalue weighted by Crippen LogP contribution is -2.13. The van der Waals surface area contributed by atoms with Crippen molar-refractivity contribution in [2.45, 2.75) is 20.0 Å². The van der Waals surface area contributed by atoms with Crippen LogP contribution >= 0.6 is 0 Å². The number of ether oxygens (including phenoxy) is 1. The summed E-state index contributed by atoms with van der Waals surface area (Å²) in [5, 5.41) is 8.59. The zero-order valence-electron chi connectivity index (χ0n) is 9.03. The van der Waals surface area contributed by atoms with Crippen molar-refractivity contribution in [2.75, 3.05) is 6.61 Å². The van der Waals surface area contributed by atoms with E-state index in [1.165, 1.54) is 6.92 Å². The topological polar surface area (TPSA) is 89.6 Å². The van der Waals surface area contributed by atoms with Crippen LogP contribution in [0.15, 0.2) is 24.8 Å². The molecule has 1 amide bonds. The largest absolute Gasteiger partial charge is 0.460 e. The normalized spacial score (nSPS) is 10.3. The summed E-state index contributed by atoms with van der Waals surface area (Å²) < 4.78 is 4.45. The second kappa shape index (κ2) is 8.96. The number of amides is 1. The lowest BCUT2D eigenvalue weighted by Gasteiger charge is -2.02. The van der Waals surface area contributed by atoms with Crippen LogP contribution in [0.1, 0.15) is 13.8 Å². The van der Waals surface area contributed by atoms with Crippen molar-refractivity contribution >= 4 is 11.9 Å². The monoisotopic (exact) mass is 215 g/mol. The van der Waals surface area contributed by atoms with E-state index in [1.54, 1.807) is 6.92 Å². The molecule has 0 bridgehead atoms. The van der Waals surface area contributed by atoms with Gasteiger partial charge in [-0.25, -0.2) is 4.79 Å². The molecular formula is C10H17NO4. The van der Waals surface area contributed by atoms with Gasteiger partial charge in [0.05, 0.1) is 6.10 Å². The van der Waals surface area contributed by atoms with Gasteiger partial charge in [0.25, 0.3) is 0 Å². The van der Waals surface area contributed by atoms with Gasteiger partial charge in [0.1, 0.15) is 6.61 Å². The molecule has 0 fully saturated rings. The SMILES string of the molecule is C=C(C)C(N)=O.C=CC(=O)OCC(C)O. The molecule has 0 aliphatic carbocycles. The van der Waals surface area contributed by atoms with Crippen LogP contribution in [0.4, 0.5) is 0 Å². The lowest BCUT2D eigenvalue weighted by molar-refractivity contribution is -0.140. The number of aliphatic hydroxyl groups excluding tert-OH is 1. The molecular weight excluding hydrogens is 198 g/mol. The van der Waals surface area contributed by atoms with Gasteiger partial charge >= 0.3 is 5.97 Å². The smallest absolute Gasteiger partial charge is 0.330 e. The number of primary amides is 1. The average Bonchev–Trinajstić information content (AvgIpc) is 2.14. The number of carbonyl (C=O) groups excluding carboxylic acids is 2. The first kappa shape index (κ1) is 15.8. The van der Waals surface area contributed by atoms with Gasteiger partial charge in [0, 0.05) is 11.6 Å². The summed E-state index contributed by atoms with van der Waals surface area (Å²) in [6, 6.07) is 0. The fourth-order valence-corrected chi connectivity index (χ4v) is 0.262. The Bertz CT molecular complexity index is 234. The minimum atomic E-state index is -0.603. The Kier molecular flexibility index (Phi) is 9.45. The highest BCUT2D eigenvalue weighted by molar-refractivity contribution is 5.90. The third-order valence-electron chi connectivity index (χ3n) is 1.05. The van der Waals surface area contributed by atoms with E-state index in [9.17, 15) is 9.59 Å². The van der Waals surface area contributed by atoms with E-state index in [4.69, 9.17) is 10.8 Å². The van der Waals surface area contributed by atoms with Gasteiger partial charge in [-0.3, -0.25) is 4.79 Å². The van der Waals surface area contributed by atoms with E-state index in [0.29, 0.717) is 5.57 Å². The van der Waals surface area contributed by atoms with Gasteiger partial charge in [0.2, 0.25) is 5.91 Å². The van der Waals surface area contributed by atoms with Crippen LogP contribution < -0.4 is 5.73 Å². The van der Waals surface area contributed by atoms with Crippen LogP contribution in [0, 0.1) is 0 Å². The predicted octanol–water partition coefficient (Wildman–Crippen LogP) is 0.144. The van der Waals surface area contributed by atoms with Gasteiger partial charge in [-0.1, -0.05) is 13.2 Å². The molecule has 5 heteroatoms. The maximum atomic E-state index is 10.3. The van der Waals surface area contributed by atoms with E-state index in [1.807, 2.05) is 0 Å². The van der Waals surface area contributed by atoms with E-state index in [-0.39, 0.29) is 6.61 Å². The first-order chi connectivity index (χ1) is 6.81. The first-order valence-corrected chi connectivity index (χ1v) is 4.23. The van der Waals surface area contributed by atoms with E-state index < -0.39 is 18.0 Å². The van der Waals surface area contributed by atoms with Crippen molar-refractivity contribution in [2.24, 2.45) is 5.73 Å². The number of nitrogens with two attached hydrogens (primary N) is 1. The number of carbonyl (C=O) groups is 2. The molecule has 0 aliphatic heterocycles. The van der Waals surface area contributed by atoms with E-state index >= 15 is 0 Å². The Labute approximate surface area is 89.2 Å². The molecule has 86 valence electrons. The lowest BCUT2D eigenvalue weighted by atomic mass is 10.3. The van der Waals surface area contributed by atoms with Crippen molar-refractivity contribution in [3.05, 3.63) is 24.8 Å². The van der Waals surface area contributed by atoms with Gasteiger partial charge in [0.15, 0.2) is 0 Å². The van der Waals surface area contributed by atoms with Crippen molar-refractivity contribution in [3.63, 3.8) is 0 Å². The van der Waals surface area contributed by atoms with Crippen LogP contribution in [0.2, 0.25) is 0 Å². The molecule has 0 rings (SSSR count). The molecule has 0 radical (unpaired) electrons. The van der Waals surface area contributed by atoms with Crippen LogP contribution in [0.25, 0.3) is 0 Å². The molecule has 1 unspecified atom stereocenters. The fraction of sp³-hybridized carbons (Fsp3) is 0.400. The maximum Gasteiger partial charge on any atom is 0.330 e. The number of hydrogen-bond donors (Lipinski definition) is 2. The van der Waals surface area contributed by atoms with E-state index in [2.05, 4.69) is 17.9 Å². The molecule has 0 aromatic heterocycles. The van der Waals surface area contributed by atoms with Crippen LogP contribution in [-0.2, 0) is 14.3 Å². The Balaban J connectivity index is 0. The molecule has 3 N–H and O–H groups in total. The highest BCUT2D eigenvalue weighted by Crippen LogP contribution is 1.83. The van der Waals surface area contributed by atoms with Crippen molar-refractivity contribution in [1.82, 2.24) is 0 Å². The molecule has 0 aromatic rings. The van der Waals surface area contributed by atoms with Crippen molar-refractivity contribution in [3.8, 4) is 0 Å². The highest BCUT2D eigenvalue weighted by Gasteiger charge is 1.98. The number of aliphatic hydroxyl groups is 1. The Hall–Kier alpha value is -1.62. The van der Waals surface area contributed by atoms with Gasteiger partial charge in [-0.2, -0.15) is 0 Å². The third-order valence-corrected chi connectivity index (χ3v) is 1.05. The first-order valence-electron chi connectivity index (χ1n) is 4.23. The van der Waals surface area contributed by atoms with Gasteiger partial charge < -0.3 is 15.6 Å². The molecule has 0 aliphatic rings. The summed E-state index contributed by atoms with van der Waals surface area (Å²) >= 11 is 0. The van der Waals surface area contributed by atoms with E-state index in [0.717, 1.165) is 6.08 Å². The molecule has 0 spiro atoms. The molecule has 5 nitrogen and oxygen atoms in total. The summed E-state index contributed by atoms with van der Waals surface area (Å²) in [5.74, 6) is -0.939. The minimum absolute atomic E-state index is 0.0326. The molecule has 0 saturated carbocycles. The molecule has 0 heterocycles. The highest BCUT2D eigenvalue weighted by atomic mass is 16.5. The van der Waals surface area contributed by atoms with Gasteiger partial charge in [-0.05, 0) is 13.8 Å². The second-order valence-electron chi connectivity index (χ2n) is 2.83. The summed E-state index contributed by atoms with van der Waals surface area (Å²) in [5.41, 5.74) is 5.09. The number of rotatable bonds is 4. The number of esters is 1. The fourth-order valence-electron chi connectivity index (χ4n) is 0.262. The predicted molar refractivity (Wildman–Crippen MR) is 56.8 cm³/mol. The summed E-state index contributed by atoms with van der Waals surface area (Å²) in [6.45, 7) is 9.60. The number of hydrogen-bond acceptors (Lipinski definition) is 4. The van der Waals surface area contributed by atoms with Crippen molar-refractivity contribution in [1.29, 1.82) is 0 Å².